The van der Waals surface area contributed by atoms with E-state index in [1.807, 2.05) is 0 Å². The van der Waals surface area contributed by atoms with E-state index in [0.717, 1.165) is 31.9 Å². The van der Waals surface area contributed by atoms with E-state index in [1.165, 1.54) is 6.42 Å². The van der Waals surface area contributed by atoms with Crippen LogP contribution >= 0.6 is 0 Å². The van der Waals surface area contributed by atoms with Crippen molar-refractivity contribution in [2.75, 3.05) is 24.4 Å². The Kier molecular flexibility index (Phi) is 3.52. The number of rotatable bonds is 3. The Hall–Kier alpha value is -1.24. The zero-order chi connectivity index (χ0) is 13.3. The van der Waals surface area contributed by atoms with E-state index in [0.29, 0.717) is 5.82 Å². The first-order chi connectivity index (χ1) is 8.45. The molecule has 1 aliphatic carbocycles. The summed E-state index contributed by atoms with van der Waals surface area (Å²) in [6.07, 6.45) is 6.71. The molecule has 1 fully saturated rings. The molecule has 1 aromatic rings. The standard InChI is InChI=1S/C11H20N4O2S/c1-13-11-9(18(2,16)17)10(12)15(14-11)8-6-4-3-5-7-8/h8H,3-7,12H2,1-2H3,(H,13,14). The molecule has 0 saturated heterocycles. The minimum Gasteiger partial charge on any atom is -0.383 e. The van der Waals surface area contributed by atoms with Crippen LogP contribution in [0.25, 0.3) is 0 Å². The predicted octanol–water partition coefficient (Wildman–Crippen LogP) is 1.42. The van der Waals surface area contributed by atoms with Gasteiger partial charge in [-0.2, -0.15) is 5.10 Å². The van der Waals surface area contributed by atoms with Gasteiger partial charge in [0.2, 0.25) is 0 Å². The van der Waals surface area contributed by atoms with Crippen molar-refractivity contribution in [3.05, 3.63) is 0 Å². The molecule has 0 atom stereocenters. The summed E-state index contributed by atoms with van der Waals surface area (Å²) in [5.41, 5.74) is 5.98. The molecule has 0 bridgehead atoms. The lowest BCUT2D eigenvalue weighted by Gasteiger charge is -2.22. The van der Waals surface area contributed by atoms with Crippen molar-refractivity contribution < 1.29 is 8.42 Å². The van der Waals surface area contributed by atoms with Crippen molar-refractivity contribution in [1.29, 1.82) is 0 Å². The monoisotopic (exact) mass is 272 g/mol. The molecule has 3 N–H and O–H groups in total. The second-order valence-electron chi connectivity index (χ2n) is 4.82. The van der Waals surface area contributed by atoms with E-state index in [-0.39, 0.29) is 16.8 Å². The molecule has 0 radical (unpaired) electrons. The van der Waals surface area contributed by atoms with Gasteiger partial charge in [-0.15, -0.1) is 0 Å². The quantitative estimate of drug-likeness (QED) is 0.868. The van der Waals surface area contributed by atoms with Crippen LogP contribution in [0.4, 0.5) is 11.6 Å². The van der Waals surface area contributed by atoms with Gasteiger partial charge in [0.25, 0.3) is 0 Å². The summed E-state index contributed by atoms with van der Waals surface area (Å²) in [5, 5.41) is 7.13. The summed E-state index contributed by atoms with van der Waals surface area (Å²) in [4.78, 5) is 0.121. The summed E-state index contributed by atoms with van der Waals surface area (Å²) in [6, 6.07) is 0.223. The fourth-order valence-electron chi connectivity index (χ4n) is 2.57. The molecule has 1 aliphatic rings. The number of aromatic nitrogens is 2. The Bertz CT molecular complexity index is 529. The first-order valence-corrected chi connectivity index (χ1v) is 8.10. The van der Waals surface area contributed by atoms with Crippen LogP contribution in [-0.2, 0) is 9.84 Å². The Labute approximate surface area is 107 Å². The van der Waals surface area contributed by atoms with E-state index >= 15 is 0 Å². The molecule has 0 unspecified atom stereocenters. The Morgan fingerprint density at radius 2 is 1.94 bits per heavy atom. The number of anilines is 2. The number of hydrogen-bond acceptors (Lipinski definition) is 5. The fraction of sp³-hybridized carbons (Fsp3) is 0.727. The van der Waals surface area contributed by atoms with Gasteiger partial charge < -0.3 is 11.1 Å². The number of nitrogen functional groups attached to an aromatic ring is 1. The van der Waals surface area contributed by atoms with Crippen LogP contribution in [0.5, 0.6) is 0 Å². The molecular weight excluding hydrogens is 252 g/mol. The van der Waals surface area contributed by atoms with E-state index in [4.69, 9.17) is 5.73 Å². The average molecular weight is 272 g/mol. The number of hydrogen-bond donors (Lipinski definition) is 2. The maximum Gasteiger partial charge on any atom is 0.182 e. The highest BCUT2D eigenvalue weighted by Gasteiger charge is 2.27. The lowest BCUT2D eigenvalue weighted by Crippen LogP contribution is -2.16. The van der Waals surface area contributed by atoms with Crippen molar-refractivity contribution in [3.63, 3.8) is 0 Å². The molecule has 18 heavy (non-hydrogen) atoms. The van der Waals surface area contributed by atoms with Crippen LogP contribution in [0.1, 0.15) is 38.1 Å². The number of nitrogens with zero attached hydrogens (tertiary/aromatic N) is 2. The summed E-state index contributed by atoms with van der Waals surface area (Å²) in [5.74, 6) is 0.606. The van der Waals surface area contributed by atoms with Crippen LogP contribution in [0.15, 0.2) is 4.90 Å². The summed E-state index contributed by atoms with van der Waals surface area (Å²) < 4.78 is 25.2. The van der Waals surface area contributed by atoms with Gasteiger partial charge in [-0.05, 0) is 12.8 Å². The molecule has 102 valence electrons. The number of sulfone groups is 1. The van der Waals surface area contributed by atoms with Gasteiger partial charge in [0.05, 0.1) is 6.04 Å². The van der Waals surface area contributed by atoms with Gasteiger partial charge in [0, 0.05) is 13.3 Å². The second kappa shape index (κ2) is 4.79. The maximum absolute atomic E-state index is 11.8. The zero-order valence-corrected chi connectivity index (χ0v) is 11.6. The molecule has 1 saturated carbocycles. The molecule has 1 aromatic heterocycles. The first-order valence-electron chi connectivity index (χ1n) is 6.21. The molecule has 0 spiro atoms. The van der Waals surface area contributed by atoms with Gasteiger partial charge in [-0.25, -0.2) is 13.1 Å². The third-order valence-electron chi connectivity index (χ3n) is 3.43. The van der Waals surface area contributed by atoms with Crippen LogP contribution in [0, 0.1) is 0 Å². The molecule has 6 nitrogen and oxygen atoms in total. The van der Waals surface area contributed by atoms with Crippen molar-refractivity contribution in [3.8, 4) is 0 Å². The normalized spacial score (nSPS) is 17.9. The van der Waals surface area contributed by atoms with Crippen LogP contribution in [-0.4, -0.2) is 31.5 Å². The zero-order valence-electron chi connectivity index (χ0n) is 10.8. The van der Waals surface area contributed by atoms with Gasteiger partial charge >= 0.3 is 0 Å². The molecule has 1 heterocycles. The van der Waals surface area contributed by atoms with Gasteiger partial charge in [0.15, 0.2) is 20.6 Å². The SMILES string of the molecule is CNc1nn(C2CCCCC2)c(N)c1S(C)(=O)=O. The average Bonchev–Trinajstić information content (AvgIpc) is 2.67. The highest BCUT2D eigenvalue weighted by atomic mass is 32.2. The van der Waals surface area contributed by atoms with Crippen LogP contribution in [0.2, 0.25) is 0 Å². The highest BCUT2D eigenvalue weighted by molar-refractivity contribution is 7.91. The third kappa shape index (κ3) is 2.31. The smallest absolute Gasteiger partial charge is 0.182 e. The number of nitrogens with one attached hydrogen (secondary N) is 1. The first kappa shape index (κ1) is 13.2. The van der Waals surface area contributed by atoms with Gasteiger partial charge in [-0.1, -0.05) is 19.3 Å². The lowest BCUT2D eigenvalue weighted by molar-refractivity contribution is 0.333. The van der Waals surface area contributed by atoms with Crippen molar-refractivity contribution >= 4 is 21.5 Å². The second-order valence-corrected chi connectivity index (χ2v) is 6.77. The van der Waals surface area contributed by atoms with E-state index in [9.17, 15) is 8.42 Å². The van der Waals surface area contributed by atoms with Crippen LogP contribution < -0.4 is 11.1 Å². The molecular formula is C11H20N4O2S. The van der Waals surface area contributed by atoms with Crippen molar-refractivity contribution in [2.45, 2.75) is 43.0 Å². The van der Waals surface area contributed by atoms with E-state index in [2.05, 4.69) is 10.4 Å². The summed E-state index contributed by atoms with van der Waals surface area (Å²) in [7, 11) is -1.71. The summed E-state index contributed by atoms with van der Waals surface area (Å²) in [6.45, 7) is 0. The largest absolute Gasteiger partial charge is 0.383 e. The maximum atomic E-state index is 11.8. The molecule has 7 heteroatoms. The topological polar surface area (TPSA) is 90.0 Å². The number of nitrogens with two attached hydrogens (primary N) is 1. The fourth-order valence-corrected chi connectivity index (χ4v) is 3.53. The molecule has 0 aliphatic heterocycles. The highest BCUT2D eigenvalue weighted by Crippen LogP contribution is 2.34. The van der Waals surface area contributed by atoms with E-state index < -0.39 is 9.84 Å². The predicted molar refractivity (Wildman–Crippen MR) is 71.4 cm³/mol. The van der Waals surface area contributed by atoms with Crippen molar-refractivity contribution in [1.82, 2.24) is 9.78 Å². The Balaban J connectivity index is 2.47. The van der Waals surface area contributed by atoms with Crippen molar-refractivity contribution in [2.24, 2.45) is 0 Å². The molecule has 2 rings (SSSR count). The van der Waals surface area contributed by atoms with E-state index in [1.54, 1.807) is 11.7 Å². The minimum absolute atomic E-state index is 0.121. The van der Waals surface area contributed by atoms with Gasteiger partial charge in [0.1, 0.15) is 5.82 Å². The van der Waals surface area contributed by atoms with Crippen LogP contribution in [0.3, 0.4) is 0 Å². The Morgan fingerprint density at radius 3 is 2.39 bits per heavy atom. The molecule has 0 aromatic carbocycles. The minimum atomic E-state index is -3.36. The molecule has 0 amide bonds. The Morgan fingerprint density at radius 1 is 1.33 bits per heavy atom. The van der Waals surface area contributed by atoms with Gasteiger partial charge in [-0.3, -0.25) is 0 Å². The third-order valence-corrected chi connectivity index (χ3v) is 4.57. The summed E-state index contributed by atoms with van der Waals surface area (Å²) >= 11 is 0. The lowest BCUT2D eigenvalue weighted by atomic mass is 9.96.